The number of nitrogens with zero attached hydrogens (tertiary/aromatic N) is 1. The summed E-state index contributed by atoms with van der Waals surface area (Å²) in [5, 5.41) is 11.9. The van der Waals surface area contributed by atoms with E-state index in [9.17, 15) is 14.9 Å². The minimum atomic E-state index is -0.540. The SMILES string of the molecule is CC1(C)CC(=O)c2cc(NC(=O)/C(C#N)=C/c3ccccc3)ccc2O1. The second-order valence-electron chi connectivity index (χ2n) is 6.71. The Labute approximate surface area is 151 Å². The van der Waals surface area contributed by atoms with Crippen LogP contribution in [0, 0.1) is 11.3 Å². The lowest BCUT2D eigenvalue weighted by molar-refractivity contribution is -0.112. The molecule has 0 spiro atoms. The Bertz CT molecular complexity index is 937. The van der Waals surface area contributed by atoms with E-state index >= 15 is 0 Å². The van der Waals surface area contributed by atoms with E-state index in [1.165, 1.54) is 6.08 Å². The minimum Gasteiger partial charge on any atom is -0.487 e. The normalized spacial score (nSPS) is 15.4. The van der Waals surface area contributed by atoms with E-state index in [2.05, 4.69) is 5.32 Å². The summed E-state index contributed by atoms with van der Waals surface area (Å²) in [6.45, 7) is 3.72. The molecule has 0 saturated carbocycles. The van der Waals surface area contributed by atoms with Crippen molar-refractivity contribution in [2.45, 2.75) is 25.9 Å². The number of nitriles is 1. The number of carbonyl (C=O) groups is 2. The lowest BCUT2D eigenvalue weighted by atomic mass is 9.93. The van der Waals surface area contributed by atoms with Gasteiger partial charge in [-0.1, -0.05) is 30.3 Å². The molecule has 1 aliphatic heterocycles. The number of anilines is 1. The fourth-order valence-electron chi connectivity index (χ4n) is 2.79. The molecule has 130 valence electrons. The predicted octanol–water partition coefficient (Wildman–Crippen LogP) is 3.98. The molecule has 0 saturated heterocycles. The Morgan fingerprint density at radius 2 is 1.96 bits per heavy atom. The third-order valence-corrected chi connectivity index (χ3v) is 3.99. The molecule has 26 heavy (non-hydrogen) atoms. The number of hydrogen-bond acceptors (Lipinski definition) is 4. The van der Waals surface area contributed by atoms with Crippen molar-refractivity contribution >= 4 is 23.5 Å². The first-order valence-corrected chi connectivity index (χ1v) is 8.22. The van der Waals surface area contributed by atoms with Gasteiger partial charge in [-0.15, -0.1) is 0 Å². The van der Waals surface area contributed by atoms with Crippen molar-refractivity contribution in [2.75, 3.05) is 5.32 Å². The third kappa shape index (κ3) is 3.81. The van der Waals surface area contributed by atoms with Crippen molar-refractivity contribution < 1.29 is 14.3 Å². The van der Waals surface area contributed by atoms with Crippen molar-refractivity contribution in [3.8, 4) is 11.8 Å². The highest BCUT2D eigenvalue weighted by atomic mass is 16.5. The molecule has 5 nitrogen and oxygen atoms in total. The topological polar surface area (TPSA) is 79.2 Å². The van der Waals surface area contributed by atoms with Gasteiger partial charge in [0.25, 0.3) is 5.91 Å². The van der Waals surface area contributed by atoms with Crippen LogP contribution in [0.25, 0.3) is 6.08 Å². The molecule has 0 bridgehead atoms. The summed E-state index contributed by atoms with van der Waals surface area (Å²) in [4.78, 5) is 24.7. The van der Waals surface area contributed by atoms with E-state index in [0.29, 0.717) is 17.0 Å². The zero-order valence-corrected chi connectivity index (χ0v) is 14.6. The number of amides is 1. The monoisotopic (exact) mass is 346 g/mol. The number of ketones is 1. The Hall–Kier alpha value is -3.39. The van der Waals surface area contributed by atoms with Crippen LogP contribution in [0.5, 0.6) is 5.75 Å². The van der Waals surface area contributed by atoms with Crippen LogP contribution >= 0.6 is 0 Å². The van der Waals surface area contributed by atoms with Gasteiger partial charge in [0.05, 0.1) is 12.0 Å². The second kappa shape index (κ2) is 6.85. The summed E-state index contributed by atoms with van der Waals surface area (Å²) in [6, 6.07) is 15.9. The van der Waals surface area contributed by atoms with Gasteiger partial charge in [0, 0.05) is 5.69 Å². The molecule has 1 aliphatic rings. The van der Waals surface area contributed by atoms with Crippen LogP contribution in [-0.2, 0) is 4.79 Å². The van der Waals surface area contributed by atoms with Crippen LogP contribution in [0.2, 0.25) is 0 Å². The van der Waals surface area contributed by atoms with E-state index in [4.69, 9.17) is 4.74 Å². The standard InChI is InChI=1S/C21H18N2O3/c1-21(2)12-18(24)17-11-16(8-9-19(17)26-21)23-20(25)15(13-22)10-14-6-4-3-5-7-14/h3-11H,12H2,1-2H3,(H,23,25)/b15-10+. The molecule has 3 rings (SSSR count). The molecule has 1 amide bonds. The Morgan fingerprint density at radius 3 is 2.65 bits per heavy atom. The zero-order valence-electron chi connectivity index (χ0n) is 14.6. The van der Waals surface area contributed by atoms with E-state index in [1.807, 2.05) is 38.1 Å². The quantitative estimate of drug-likeness (QED) is 0.673. The van der Waals surface area contributed by atoms with E-state index in [1.54, 1.807) is 30.3 Å². The number of Topliss-reactive ketones (excluding diaryl/α,β-unsaturated/α-hetero) is 1. The highest BCUT2D eigenvalue weighted by Gasteiger charge is 2.32. The highest BCUT2D eigenvalue weighted by Crippen LogP contribution is 2.34. The van der Waals surface area contributed by atoms with Gasteiger partial charge < -0.3 is 10.1 Å². The maximum atomic E-state index is 12.4. The van der Waals surface area contributed by atoms with Gasteiger partial charge >= 0.3 is 0 Å². The van der Waals surface area contributed by atoms with E-state index in [-0.39, 0.29) is 17.8 Å². The minimum absolute atomic E-state index is 0.0161. The number of rotatable bonds is 3. The van der Waals surface area contributed by atoms with Crippen molar-refractivity contribution in [1.82, 2.24) is 0 Å². The average molecular weight is 346 g/mol. The van der Waals surface area contributed by atoms with Crippen LogP contribution in [0.15, 0.2) is 54.1 Å². The number of fused-ring (bicyclic) bond motifs is 1. The molecule has 0 fully saturated rings. The van der Waals surface area contributed by atoms with Crippen LogP contribution in [0.1, 0.15) is 36.2 Å². The Morgan fingerprint density at radius 1 is 1.23 bits per heavy atom. The first-order chi connectivity index (χ1) is 12.4. The molecule has 1 heterocycles. The van der Waals surface area contributed by atoms with E-state index in [0.717, 1.165) is 5.56 Å². The van der Waals surface area contributed by atoms with Crippen molar-refractivity contribution in [3.63, 3.8) is 0 Å². The summed E-state index contributed by atoms with van der Waals surface area (Å²) >= 11 is 0. The van der Waals surface area contributed by atoms with Gasteiger partial charge in [-0.3, -0.25) is 9.59 Å². The van der Waals surface area contributed by atoms with Crippen molar-refractivity contribution in [3.05, 3.63) is 65.2 Å². The molecular formula is C21H18N2O3. The van der Waals surface area contributed by atoms with Gasteiger partial charge in [0.15, 0.2) is 5.78 Å². The van der Waals surface area contributed by atoms with Crippen LogP contribution in [0.3, 0.4) is 0 Å². The van der Waals surface area contributed by atoms with Crippen LogP contribution in [-0.4, -0.2) is 17.3 Å². The second-order valence-corrected chi connectivity index (χ2v) is 6.71. The number of nitrogens with one attached hydrogen (secondary N) is 1. The van der Waals surface area contributed by atoms with Crippen LogP contribution < -0.4 is 10.1 Å². The van der Waals surface area contributed by atoms with Crippen molar-refractivity contribution in [1.29, 1.82) is 5.26 Å². The first-order valence-electron chi connectivity index (χ1n) is 8.22. The fourth-order valence-corrected chi connectivity index (χ4v) is 2.79. The molecule has 1 N–H and O–H groups in total. The summed E-state index contributed by atoms with van der Waals surface area (Å²) < 4.78 is 5.80. The largest absolute Gasteiger partial charge is 0.487 e. The summed E-state index contributed by atoms with van der Waals surface area (Å²) in [5.41, 5.74) is 1.08. The molecule has 0 radical (unpaired) electrons. The van der Waals surface area contributed by atoms with Crippen LogP contribution in [0.4, 0.5) is 5.69 Å². The lowest BCUT2D eigenvalue weighted by Gasteiger charge is -2.31. The number of ether oxygens (including phenoxy) is 1. The lowest BCUT2D eigenvalue weighted by Crippen LogP contribution is -2.35. The first kappa shape index (κ1) is 17.4. The average Bonchev–Trinajstić information content (AvgIpc) is 2.60. The molecule has 0 atom stereocenters. The molecule has 0 aliphatic carbocycles. The molecule has 2 aromatic carbocycles. The highest BCUT2D eigenvalue weighted by molar-refractivity contribution is 6.10. The van der Waals surface area contributed by atoms with Gasteiger partial charge in [-0.05, 0) is 43.7 Å². The summed E-state index contributed by atoms with van der Waals surface area (Å²) in [7, 11) is 0. The molecular weight excluding hydrogens is 328 g/mol. The number of carbonyl (C=O) groups excluding carboxylic acids is 2. The Kier molecular flexibility index (Phi) is 4.59. The predicted molar refractivity (Wildman–Crippen MR) is 98.8 cm³/mol. The number of benzene rings is 2. The fraction of sp³-hybridized carbons (Fsp3) is 0.190. The van der Waals surface area contributed by atoms with Gasteiger partial charge in [0.2, 0.25) is 0 Å². The van der Waals surface area contributed by atoms with Gasteiger partial charge in [-0.25, -0.2) is 0 Å². The molecule has 2 aromatic rings. The summed E-state index contributed by atoms with van der Waals surface area (Å²) in [6.07, 6.45) is 1.79. The van der Waals surface area contributed by atoms with Gasteiger partial charge in [0.1, 0.15) is 23.0 Å². The smallest absolute Gasteiger partial charge is 0.266 e. The van der Waals surface area contributed by atoms with Gasteiger partial charge in [-0.2, -0.15) is 5.26 Å². The maximum absolute atomic E-state index is 12.4. The zero-order chi connectivity index (χ0) is 18.7. The maximum Gasteiger partial charge on any atom is 0.266 e. The summed E-state index contributed by atoms with van der Waals surface area (Å²) in [5.74, 6) is -0.0573. The van der Waals surface area contributed by atoms with E-state index < -0.39 is 11.5 Å². The third-order valence-electron chi connectivity index (χ3n) is 3.99. The number of hydrogen-bond donors (Lipinski definition) is 1. The van der Waals surface area contributed by atoms with Crippen molar-refractivity contribution in [2.24, 2.45) is 0 Å². The Balaban J connectivity index is 1.82. The molecule has 0 aromatic heterocycles. The molecule has 0 unspecified atom stereocenters. The molecule has 5 heteroatoms.